The minimum atomic E-state index is -1.01. The molecule has 1 fully saturated rings. The molecule has 0 radical (unpaired) electrons. The van der Waals surface area contributed by atoms with E-state index in [-0.39, 0.29) is 18.6 Å². The molecule has 0 N–H and O–H groups in total. The quantitative estimate of drug-likeness (QED) is 0.619. The predicted molar refractivity (Wildman–Crippen MR) is 86.9 cm³/mol. The molecule has 0 spiro atoms. The zero-order chi connectivity index (χ0) is 18.0. The summed E-state index contributed by atoms with van der Waals surface area (Å²) in [6.07, 6.45) is 0. The van der Waals surface area contributed by atoms with Gasteiger partial charge in [-0.3, -0.25) is 14.4 Å². The summed E-state index contributed by atoms with van der Waals surface area (Å²) in [5, 5.41) is 0. The highest BCUT2D eigenvalue weighted by Gasteiger charge is 2.42. The van der Waals surface area contributed by atoms with Gasteiger partial charge in [-0.25, -0.2) is 8.78 Å². The number of esters is 1. The van der Waals surface area contributed by atoms with Gasteiger partial charge < -0.3 is 9.39 Å². The van der Waals surface area contributed by atoms with Gasteiger partial charge in [0.1, 0.15) is 11.6 Å². The Labute approximate surface area is 143 Å². The van der Waals surface area contributed by atoms with Crippen LogP contribution in [0, 0.1) is 11.6 Å². The van der Waals surface area contributed by atoms with Crippen molar-refractivity contribution >= 4 is 24.5 Å². The second-order valence-electron chi connectivity index (χ2n) is 5.57. The Bertz CT molecular complexity index is 830. The third kappa shape index (κ3) is 3.69. The van der Waals surface area contributed by atoms with Crippen LogP contribution >= 0.6 is 0 Å². The van der Waals surface area contributed by atoms with Crippen molar-refractivity contribution in [2.75, 3.05) is 20.2 Å². The molecule has 2 aromatic rings. The topological polar surface area (TPSA) is 55.8 Å². The first-order valence-electron chi connectivity index (χ1n) is 7.53. The van der Waals surface area contributed by atoms with Crippen LogP contribution in [0.2, 0.25) is 0 Å². The fourth-order valence-electron chi connectivity index (χ4n) is 2.69. The lowest BCUT2D eigenvalue weighted by Gasteiger charge is -2.17. The van der Waals surface area contributed by atoms with Gasteiger partial charge in [-0.15, -0.1) is 0 Å². The van der Waals surface area contributed by atoms with E-state index < -0.39 is 30.6 Å². The number of halogens is 2. The van der Waals surface area contributed by atoms with Crippen LogP contribution in [0.5, 0.6) is 0 Å². The molecular formula is C17H14BF2NO4. The van der Waals surface area contributed by atoms with Crippen LogP contribution in [0.4, 0.5) is 8.78 Å². The molecule has 25 heavy (non-hydrogen) atoms. The van der Waals surface area contributed by atoms with Crippen molar-refractivity contribution < 1.29 is 27.8 Å². The zero-order valence-electron chi connectivity index (χ0n) is 13.4. The minimum Gasteiger partial charge on any atom is -0.515 e. The number of benzene rings is 2. The molecule has 0 bridgehead atoms. The second-order valence-corrected chi connectivity index (χ2v) is 5.57. The Balaban J connectivity index is 1.89. The van der Waals surface area contributed by atoms with Crippen molar-refractivity contribution in [3.05, 3.63) is 54.1 Å². The Hall–Kier alpha value is -2.74. The van der Waals surface area contributed by atoms with Crippen LogP contribution in [0.3, 0.4) is 0 Å². The van der Waals surface area contributed by atoms with Crippen molar-refractivity contribution in [1.82, 2.24) is 4.81 Å². The number of hydrogen-bond acceptors (Lipinski definition) is 5. The Kier molecular flexibility index (Phi) is 4.80. The third-order valence-electron chi connectivity index (χ3n) is 3.89. The average molecular weight is 345 g/mol. The first-order valence-corrected chi connectivity index (χ1v) is 7.53. The summed E-state index contributed by atoms with van der Waals surface area (Å²) in [6, 6.07) is 10.1. The number of hydrogen-bond donors (Lipinski definition) is 0. The molecule has 1 heterocycles. The molecule has 128 valence electrons. The van der Waals surface area contributed by atoms with Crippen LogP contribution in [0.25, 0.3) is 11.1 Å². The van der Waals surface area contributed by atoms with E-state index >= 15 is 0 Å². The second kappa shape index (κ2) is 7.02. The highest BCUT2D eigenvalue weighted by atomic mass is 19.1. The van der Waals surface area contributed by atoms with E-state index in [1.54, 1.807) is 12.1 Å². The van der Waals surface area contributed by atoms with Gasteiger partial charge in [-0.2, -0.15) is 0 Å². The molecule has 5 nitrogen and oxygen atoms in total. The minimum absolute atomic E-state index is 0.120. The van der Waals surface area contributed by atoms with E-state index in [1.807, 2.05) is 0 Å². The van der Waals surface area contributed by atoms with Crippen LogP contribution in [-0.2, 0) is 19.0 Å². The van der Waals surface area contributed by atoms with Gasteiger partial charge in [0, 0.05) is 5.46 Å². The fourth-order valence-corrected chi connectivity index (χ4v) is 2.69. The van der Waals surface area contributed by atoms with E-state index in [4.69, 9.17) is 4.65 Å². The van der Waals surface area contributed by atoms with Gasteiger partial charge in [0.05, 0.1) is 20.2 Å². The maximum Gasteiger partial charge on any atom is 0.491 e. The first-order chi connectivity index (χ1) is 12.0. The predicted octanol–water partition coefficient (Wildman–Crippen LogP) is 1.36. The summed E-state index contributed by atoms with van der Waals surface area (Å²) in [7, 11) is 0.220. The van der Waals surface area contributed by atoms with Gasteiger partial charge in [0.15, 0.2) is 0 Å². The number of carbonyl (C=O) groups is 2. The SMILES string of the molecule is COC(=O)CN1CC(=O)OB1c1ccc(-c2cccc(F)c2)cc1F. The van der Waals surface area contributed by atoms with E-state index in [1.165, 1.54) is 42.3 Å². The lowest BCUT2D eigenvalue weighted by molar-refractivity contribution is -0.140. The summed E-state index contributed by atoms with van der Waals surface area (Å²) in [6.45, 7) is -0.331. The number of carbonyl (C=O) groups excluding carboxylic acids is 2. The van der Waals surface area contributed by atoms with Crippen LogP contribution in [0.15, 0.2) is 42.5 Å². The molecule has 1 aliphatic heterocycles. The normalized spacial score (nSPS) is 14.5. The number of methoxy groups -OCH3 is 1. The average Bonchev–Trinajstić information content (AvgIpc) is 2.94. The molecule has 8 heteroatoms. The van der Waals surface area contributed by atoms with Crippen molar-refractivity contribution in [1.29, 1.82) is 0 Å². The maximum atomic E-state index is 14.6. The van der Waals surface area contributed by atoms with Crippen molar-refractivity contribution in [2.24, 2.45) is 0 Å². The number of ether oxygens (including phenoxy) is 1. The highest BCUT2D eigenvalue weighted by Crippen LogP contribution is 2.21. The Morgan fingerprint density at radius 3 is 2.68 bits per heavy atom. The Morgan fingerprint density at radius 1 is 1.24 bits per heavy atom. The monoisotopic (exact) mass is 345 g/mol. The molecule has 0 unspecified atom stereocenters. The third-order valence-corrected chi connectivity index (χ3v) is 3.89. The van der Waals surface area contributed by atoms with E-state index in [2.05, 4.69) is 4.74 Å². The summed E-state index contributed by atoms with van der Waals surface area (Å²) < 4.78 is 37.6. The summed E-state index contributed by atoms with van der Waals surface area (Å²) in [5.41, 5.74) is 1.14. The molecule has 0 atom stereocenters. The van der Waals surface area contributed by atoms with Crippen molar-refractivity contribution in [2.45, 2.75) is 0 Å². The smallest absolute Gasteiger partial charge is 0.491 e. The van der Waals surface area contributed by atoms with E-state index in [0.29, 0.717) is 11.1 Å². The lowest BCUT2D eigenvalue weighted by Crippen LogP contribution is -2.48. The van der Waals surface area contributed by atoms with Crippen LogP contribution in [0.1, 0.15) is 0 Å². The Morgan fingerprint density at radius 2 is 2.00 bits per heavy atom. The van der Waals surface area contributed by atoms with E-state index in [9.17, 15) is 18.4 Å². The molecule has 0 aliphatic carbocycles. The zero-order valence-corrected chi connectivity index (χ0v) is 13.4. The molecule has 0 saturated carbocycles. The molecule has 1 saturated heterocycles. The fraction of sp³-hybridized carbons (Fsp3) is 0.176. The summed E-state index contributed by atoms with van der Waals surface area (Å²) in [4.78, 5) is 24.4. The maximum absolute atomic E-state index is 14.6. The van der Waals surface area contributed by atoms with Gasteiger partial charge >= 0.3 is 19.0 Å². The van der Waals surface area contributed by atoms with Crippen LogP contribution in [-0.4, -0.2) is 44.0 Å². The standard InChI is InChI=1S/C17H14BF2NO4/c1-24-16(22)9-21-10-17(23)25-18(21)14-6-5-12(8-15(14)20)11-3-2-4-13(19)7-11/h2-8H,9-10H2,1H3. The van der Waals surface area contributed by atoms with Gasteiger partial charge in [0.2, 0.25) is 0 Å². The van der Waals surface area contributed by atoms with Gasteiger partial charge in [-0.05, 0) is 29.3 Å². The molecule has 0 aromatic heterocycles. The number of rotatable bonds is 4. The molecule has 3 rings (SSSR count). The van der Waals surface area contributed by atoms with Gasteiger partial charge in [0.25, 0.3) is 0 Å². The number of nitrogens with zero attached hydrogens (tertiary/aromatic N) is 1. The molecule has 2 aromatic carbocycles. The lowest BCUT2D eigenvalue weighted by atomic mass is 9.71. The van der Waals surface area contributed by atoms with Gasteiger partial charge in [-0.1, -0.05) is 24.3 Å². The molecular weight excluding hydrogens is 331 g/mol. The summed E-state index contributed by atoms with van der Waals surface area (Å²) >= 11 is 0. The largest absolute Gasteiger partial charge is 0.515 e. The van der Waals surface area contributed by atoms with Crippen molar-refractivity contribution in [3.63, 3.8) is 0 Å². The molecule has 1 aliphatic rings. The van der Waals surface area contributed by atoms with E-state index in [0.717, 1.165) is 0 Å². The first kappa shape index (κ1) is 17.1. The molecule has 0 amide bonds. The van der Waals surface area contributed by atoms with Crippen LogP contribution < -0.4 is 5.46 Å². The van der Waals surface area contributed by atoms with Crippen molar-refractivity contribution in [3.8, 4) is 11.1 Å². The highest BCUT2D eigenvalue weighted by molar-refractivity contribution is 6.68. The summed E-state index contributed by atoms with van der Waals surface area (Å²) in [5.74, 6) is -2.14.